The van der Waals surface area contributed by atoms with Crippen molar-refractivity contribution in [1.82, 2.24) is 14.8 Å². The first-order valence-electron chi connectivity index (χ1n) is 7.52. The van der Waals surface area contributed by atoms with Crippen molar-refractivity contribution in [2.45, 2.75) is 19.9 Å². The number of nitrogens with zero attached hydrogens (tertiary/aromatic N) is 4. The molecule has 0 bridgehead atoms. The van der Waals surface area contributed by atoms with E-state index in [1.54, 1.807) is 24.0 Å². The lowest BCUT2D eigenvalue weighted by atomic mass is 10.1. The third-order valence-corrected chi connectivity index (χ3v) is 3.72. The monoisotopic (exact) mass is 323 g/mol. The molecule has 0 aliphatic carbocycles. The van der Waals surface area contributed by atoms with Gasteiger partial charge in [-0.15, -0.1) is 0 Å². The highest BCUT2D eigenvalue weighted by Crippen LogP contribution is 2.27. The molecule has 122 valence electrons. The van der Waals surface area contributed by atoms with E-state index in [1.807, 2.05) is 43.5 Å². The van der Waals surface area contributed by atoms with E-state index in [4.69, 9.17) is 0 Å². The Labute approximate surface area is 139 Å². The van der Waals surface area contributed by atoms with Gasteiger partial charge in [0.15, 0.2) is 0 Å². The maximum absolute atomic E-state index is 11.2. The van der Waals surface area contributed by atoms with Crippen LogP contribution in [0.3, 0.4) is 0 Å². The molecular weight excluding hydrogens is 306 g/mol. The number of hydrogen-bond acceptors (Lipinski definition) is 5. The van der Waals surface area contributed by atoms with E-state index in [1.165, 1.54) is 6.07 Å². The highest BCUT2D eigenvalue weighted by Gasteiger charge is 2.17. The van der Waals surface area contributed by atoms with Crippen molar-refractivity contribution in [3.05, 3.63) is 76.2 Å². The van der Waals surface area contributed by atoms with Gasteiger partial charge in [0.2, 0.25) is 5.82 Å². The maximum atomic E-state index is 11.2. The topological polar surface area (TPSA) is 85.9 Å². The van der Waals surface area contributed by atoms with Gasteiger partial charge in [0.05, 0.1) is 16.7 Å². The molecule has 0 radical (unpaired) electrons. The lowest BCUT2D eigenvalue weighted by Crippen LogP contribution is -2.10. The van der Waals surface area contributed by atoms with Gasteiger partial charge in [-0.3, -0.25) is 10.1 Å². The Balaban J connectivity index is 1.80. The van der Waals surface area contributed by atoms with Crippen molar-refractivity contribution in [3.63, 3.8) is 0 Å². The summed E-state index contributed by atoms with van der Waals surface area (Å²) in [6.45, 7) is 3.72. The van der Waals surface area contributed by atoms with Crippen LogP contribution in [0, 0.1) is 17.0 Å². The summed E-state index contributed by atoms with van der Waals surface area (Å²) in [6, 6.07) is 11.1. The van der Waals surface area contributed by atoms with Gasteiger partial charge in [-0.1, -0.05) is 12.1 Å². The molecule has 1 aromatic carbocycles. The molecule has 0 spiro atoms. The molecule has 1 unspecified atom stereocenters. The van der Waals surface area contributed by atoms with Gasteiger partial charge in [0.25, 0.3) is 0 Å². The highest BCUT2D eigenvalue weighted by atomic mass is 16.6. The van der Waals surface area contributed by atoms with Crippen molar-refractivity contribution >= 4 is 11.5 Å². The van der Waals surface area contributed by atoms with Crippen LogP contribution in [0.25, 0.3) is 5.69 Å². The Kier molecular flexibility index (Phi) is 4.24. The predicted molar refractivity (Wildman–Crippen MR) is 91.2 cm³/mol. The molecule has 1 atom stereocenters. The molecule has 2 heterocycles. The lowest BCUT2D eigenvalue weighted by molar-refractivity contribution is -0.384. The number of aryl methyl sites for hydroxylation is 1. The van der Waals surface area contributed by atoms with Crippen LogP contribution in [0.2, 0.25) is 0 Å². The smallest absolute Gasteiger partial charge is 0.311 e. The Bertz CT molecular complexity index is 844. The van der Waals surface area contributed by atoms with E-state index in [2.05, 4.69) is 15.4 Å². The van der Waals surface area contributed by atoms with E-state index >= 15 is 0 Å². The largest absolute Gasteiger partial charge is 0.358 e. The number of nitro groups is 1. The van der Waals surface area contributed by atoms with Crippen LogP contribution >= 0.6 is 0 Å². The normalized spacial score (nSPS) is 11.9. The standard InChI is InChI=1S/C17H17N5O2/c1-12-10-16(22(23)24)17(18-11-12)20-13(2)14-4-6-15(7-5-14)21-9-3-8-19-21/h3-11,13H,1-2H3,(H,18,20). The van der Waals surface area contributed by atoms with E-state index in [0.717, 1.165) is 16.8 Å². The molecule has 7 nitrogen and oxygen atoms in total. The average molecular weight is 323 g/mol. The van der Waals surface area contributed by atoms with E-state index < -0.39 is 4.92 Å². The third kappa shape index (κ3) is 3.24. The molecule has 0 aliphatic rings. The van der Waals surface area contributed by atoms with Crippen molar-refractivity contribution in [3.8, 4) is 5.69 Å². The minimum Gasteiger partial charge on any atom is -0.358 e. The van der Waals surface area contributed by atoms with Gasteiger partial charge >= 0.3 is 5.69 Å². The van der Waals surface area contributed by atoms with Crippen LogP contribution in [0.1, 0.15) is 24.1 Å². The molecule has 3 aromatic rings. The lowest BCUT2D eigenvalue weighted by Gasteiger charge is -2.15. The molecule has 3 rings (SSSR count). The predicted octanol–water partition coefficient (Wildman–Crippen LogP) is 3.66. The third-order valence-electron chi connectivity index (χ3n) is 3.72. The zero-order chi connectivity index (χ0) is 17.1. The second-order valence-corrected chi connectivity index (χ2v) is 5.55. The quantitative estimate of drug-likeness (QED) is 0.572. The first-order valence-corrected chi connectivity index (χ1v) is 7.52. The van der Waals surface area contributed by atoms with Crippen molar-refractivity contribution < 1.29 is 4.92 Å². The Morgan fingerprint density at radius 3 is 2.67 bits per heavy atom. The summed E-state index contributed by atoms with van der Waals surface area (Å²) in [5.74, 6) is 0.272. The fraction of sp³-hybridized carbons (Fsp3) is 0.176. The molecule has 24 heavy (non-hydrogen) atoms. The molecule has 0 amide bonds. The number of rotatable bonds is 5. The summed E-state index contributed by atoms with van der Waals surface area (Å²) in [4.78, 5) is 14.9. The summed E-state index contributed by atoms with van der Waals surface area (Å²) in [5, 5.41) is 18.5. The van der Waals surface area contributed by atoms with Crippen molar-refractivity contribution in [2.75, 3.05) is 5.32 Å². The first kappa shape index (κ1) is 15.7. The van der Waals surface area contributed by atoms with Crippen molar-refractivity contribution in [1.29, 1.82) is 0 Å². The Morgan fingerprint density at radius 1 is 1.29 bits per heavy atom. The van der Waals surface area contributed by atoms with Crippen LogP contribution < -0.4 is 5.32 Å². The molecular formula is C17H17N5O2. The molecule has 1 N–H and O–H groups in total. The van der Waals surface area contributed by atoms with E-state index in [-0.39, 0.29) is 17.5 Å². The van der Waals surface area contributed by atoms with Crippen molar-refractivity contribution in [2.24, 2.45) is 0 Å². The summed E-state index contributed by atoms with van der Waals surface area (Å²) < 4.78 is 1.77. The Hall–Kier alpha value is -3.22. The number of hydrogen-bond donors (Lipinski definition) is 1. The van der Waals surface area contributed by atoms with Gasteiger partial charge in [0, 0.05) is 24.7 Å². The van der Waals surface area contributed by atoms with Crippen LogP contribution in [-0.4, -0.2) is 19.7 Å². The second-order valence-electron chi connectivity index (χ2n) is 5.55. The zero-order valence-corrected chi connectivity index (χ0v) is 13.4. The SMILES string of the molecule is Cc1cnc(NC(C)c2ccc(-n3cccn3)cc2)c([N+](=O)[O-])c1. The first-order chi connectivity index (χ1) is 11.5. The molecule has 0 saturated heterocycles. The van der Waals surface area contributed by atoms with Crippen LogP contribution in [0.4, 0.5) is 11.5 Å². The van der Waals surface area contributed by atoms with Gasteiger partial charge in [0.1, 0.15) is 0 Å². The Morgan fingerprint density at radius 2 is 2.04 bits per heavy atom. The van der Waals surface area contributed by atoms with Gasteiger partial charge in [-0.2, -0.15) is 5.10 Å². The molecule has 0 aliphatic heterocycles. The maximum Gasteiger partial charge on any atom is 0.311 e. The number of aromatic nitrogens is 3. The minimum atomic E-state index is -0.421. The summed E-state index contributed by atoms with van der Waals surface area (Å²) >= 11 is 0. The number of nitrogens with one attached hydrogen (secondary N) is 1. The fourth-order valence-corrected chi connectivity index (χ4v) is 2.43. The fourth-order valence-electron chi connectivity index (χ4n) is 2.43. The van der Waals surface area contributed by atoms with E-state index in [0.29, 0.717) is 0 Å². The van der Waals surface area contributed by atoms with Gasteiger partial charge in [-0.25, -0.2) is 9.67 Å². The average Bonchev–Trinajstić information content (AvgIpc) is 3.11. The zero-order valence-electron chi connectivity index (χ0n) is 13.4. The highest BCUT2D eigenvalue weighted by molar-refractivity contribution is 5.57. The van der Waals surface area contributed by atoms with Crippen LogP contribution in [0.15, 0.2) is 55.0 Å². The van der Waals surface area contributed by atoms with E-state index in [9.17, 15) is 10.1 Å². The van der Waals surface area contributed by atoms with Gasteiger partial charge < -0.3 is 5.32 Å². The number of pyridine rings is 1. The molecule has 2 aromatic heterocycles. The van der Waals surface area contributed by atoms with Gasteiger partial charge in [-0.05, 0) is 43.2 Å². The molecule has 0 fully saturated rings. The molecule has 7 heteroatoms. The summed E-state index contributed by atoms with van der Waals surface area (Å²) in [5.41, 5.74) is 2.69. The van der Waals surface area contributed by atoms with Crippen LogP contribution in [-0.2, 0) is 0 Å². The number of anilines is 1. The second kappa shape index (κ2) is 6.49. The molecule has 0 saturated carbocycles. The minimum absolute atomic E-state index is 0.0185. The summed E-state index contributed by atoms with van der Waals surface area (Å²) in [7, 11) is 0. The van der Waals surface area contributed by atoms with Crippen LogP contribution in [0.5, 0.6) is 0 Å². The number of benzene rings is 1. The summed E-state index contributed by atoms with van der Waals surface area (Å²) in [6.07, 6.45) is 5.21.